The molecule has 0 aromatic heterocycles. The summed E-state index contributed by atoms with van der Waals surface area (Å²) in [5.74, 6) is -0.0984. The second kappa shape index (κ2) is 3.06. The minimum absolute atomic E-state index is 0.0742. The Labute approximate surface area is 75.9 Å². The minimum Gasteiger partial charge on any atom is -0.423 e. The minimum atomic E-state index is -3.88. The third-order valence-corrected chi connectivity index (χ3v) is 2.41. The van der Waals surface area contributed by atoms with Gasteiger partial charge in [0.15, 0.2) is 0 Å². The highest BCUT2D eigenvalue weighted by Gasteiger charge is 2.31. The smallest absolute Gasteiger partial charge is 0.423 e. The van der Waals surface area contributed by atoms with Crippen LogP contribution in [0.3, 0.4) is 0 Å². The van der Waals surface area contributed by atoms with Gasteiger partial charge in [-0.25, -0.2) is 0 Å². The summed E-state index contributed by atoms with van der Waals surface area (Å²) in [4.78, 5) is 0. The third-order valence-electron chi connectivity index (χ3n) is 1.45. The molecule has 6 nitrogen and oxygen atoms in total. The number of hydrogen-bond donors (Lipinski definition) is 3. The van der Waals surface area contributed by atoms with Gasteiger partial charge in [0.05, 0.1) is 0 Å². The lowest BCUT2D eigenvalue weighted by molar-refractivity contribution is 0.378. The molecule has 8 heteroatoms. The molecule has 0 atom stereocenters. The van der Waals surface area contributed by atoms with E-state index in [0.29, 0.717) is 0 Å². The lowest BCUT2D eigenvalue weighted by atomic mass is 9.77. The van der Waals surface area contributed by atoms with Crippen LogP contribution in [0.4, 0.5) is 0 Å². The van der Waals surface area contributed by atoms with Crippen LogP contribution in [0.2, 0.25) is 0 Å². The molecule has 13 heavy (non-hydrogen) atoms. The van der Waals surface area contributed by atoms with Crippen LogP contribution in [0, 0.1) is 0 Å². The predicted molar refractivity (Wildman–Crippen MR) is 45.2 cm³/mol. The molecular weight excluding hydrogens is 197 g/mol. The van der Waals surface area contributed by atoms with Crippen molar-refractivity contribution in [1.82, 2.24) is 4.72 Å². The highest BCUT2D eigenvalue weighted by atomic mass is 32.2. The summed E-state index contributed by atoms with van der Waals surface area (Å²) in [5.41, 5.74) is -0.173. The summed E-state index contributed by atoms with van der Waals surface area (Å²) < 4.78 is 28.0. The monoisotopic (exact) mass is 205 g/mol. The Hall–Kier alpha value is -0.985. The standard InChI is InChI=1S/C5H8BNO5S/c1-3-5(6(8)9)4(2)12-13(10,11)7-3/h7-9H,1H2,2H3. The van der Waals surface area contributed by atoms with Gasteiger partial charge in [-0.1, -0.05) is 6.58 Å². The molecule has 1 heterocycles. The van der Waals surface area contributed by atoms with E-state index < -0.39 is 17.4 Å². The molecule has 3 N–H and O–H groups in total. The maximum atomic E-state index is 10.8. The first-order chi connectivity index (χ1) is 5.83. The normalized spacial score (nSPS) is 20.7. The fourth-order valence-corrected chi connectivity index (χ4v) is 1.86. The molecule has 1 rings (SSSR count). The Balaban J connectivity index is 3.16. The van der Waals surface area contributed by atoms with Gasteiger partial charge in [0, 0.05) is 11.2 Å². The molecule has 0 bridgehead atoms. The van der Waals surface area contributed by atoms with E-state index in [-0.39, 0.29) is 16.9 Å². The van der Waals surface area contributed by atoms with Crippen molar-refractivity contribution in [1.29, 1.82) is 0 Å². The van der Waals surface area contributed by atoms with Gasteiger partial charge in [-0.2, -0.15) is 8.42 Å². The van der Waals surface area contributed by atoms with Crippen LogP contribution < -0.4 is 4.72 Å². The van der Waals surface area contributed by atoms with Crippen LogP contribution in [0.25, 0.3) is 0 Å². The van der Waals surface area contributed by atoms with Crippen LogP contribution in [-0.4, -0.2) is 25.6 Å². The zero-order valence-electron chi connectivity index (χ0n) is 6.81. The molecule has 0 saturated carbocycles. The van der Waals surface area contributed by atoms with E-state index in [2.05, 4.69) is 10.8 Å². The number of allylic oxidation sites excluding steroid dienone is 2. The second-order valence-electron chi connectivity index (χ2n) is 2.46. The van der Waals surface area contributed by atoms with Gasteiger partial charge in [0.1, 0.15) is 5.76 Å². The van der Waals surface area contributed by atoms with Gasteiger partial charge in [-0.3, -0.25) is 4.72 Å². The fourth-order valence-electron chi connectivity index (χ4n) is 0.986. The van der Waals surface area contributed by atoms with Crippen LogP contribution >= 0.6 is 0 Å². The second-order valence-corrected chi connectivity index (χ2v) is 3.74. The maximum absolute atomic E-state index is 10.8. The Morgan fingerprint density at radius 1 is 1.54 bits per heavy atom. The summed E-state index contributed by atoms with van der Waals surface area (Å²) in [6.45, 7) is 4.62. The average molecular weight is 205 g/mol. The molecule has 72 valence electrons. The Morgan fingerprint density at radius 3 is 2.46 bits per heavy atom. The van der Waals surface area contributed by atoms with Gasteiger partial charge in [0.2, 0.25) is 0 Å². The van der Waals surface area contributed by atoms with Crippen molar-refractivity contribution >= 4 is 17.4 Å². The van der Waals surface area contributed by atoms with Crippen molar-refractivity contribution in [2.75, 3.05) is 0 Å². The quantitative estimate of drug-likeness (QED) is 0.460. The van der Waals surface area contributed by atoms with E-state index in [1.54, 1.807) is 0 Å². The third kappa shape index (κ3) is 2.03. The molecule has 0 saturated heterocycles. The topological polar surface area (TPSA) is 95.9 Å². The zero-order chi connectivity index (χ0) is 10.2. The van der Waals surface area contributed by atoms with E-state index in [0.717, 1.165) is 0 Å². The first-order valence-corrected chi connectivity index (χ1v) is 4.73. The van der Waals surface area contributed by atoms with Crippen LogP contribution in [0.15, 0.2) is 23.5 Å². The molecule has 1 aliphatic rings. The van der Waals surface area contributed by atoms with E-state index in [1.807, 2.05) is 4.72 Å². The lowest BCUT2D eigenvalue weighted by Gasteiger charge is -2.21. The van der Waals surface area contributed by atoms with Gasteiger partial charge in [-0.15, -0.1) is 0 Å². The molecule has 0 amide bonds. The molecule has 0 spiro atoms. The molecule has 0 aromatic carbocycles. The van der Waals surface area contributed by atoms with Crippen LogP contribution in [-0.2, 0) is 14.5 Å². The molecule has 0 fully saturated rings. The van der Waals surface area contributed by atoms with E-state index in [9.17, 15) is 8.42 Å². The van der Waals surface area contributed by atoms with E-state index >= 15 is 0 Å². The SMILES string of the molecule is C=C1NS(=O)(=O)OC(C)=C1B(O)O. The molecular formula is C5H8BNO5S. The summed E-state index contributed by atoms with van der Waals surface area (Å²) >= 11 is 0. The molecule has 0 unspecified atom stereocenters. The van der Waals surface area contributed by atoms with Crippen molar-refractivity contribution < 1.29 is 22.6 Å². The van der Waals surface area contributed by atoms with Crippen molar-refractivity contribution in [3.05, 3.63) is 23.5 Å². The van der Waals surface area contributed by atoms with Crippen molar-refractivity contribution in [2.45, 2.75) is 6.92 Å². The van der Waals surface area contributed by atoms with Crippen LogP contribution in [0.5, 0.6) is 0 Å². The Bertz CT molecular complexity index is 370. The Kier molecular flexibility index (Phi) is 2.37. The maximum Gasteiger partial charge on any atom is 0.494 e. The van der Waals surface area contributed by atoms with Gasteiger partial charge in [-0.05, 0) is 6.92 Å². The summed E-state index contributed by atoms with van der Waals surface area (Å²) in [5, 5.41) is 17.6. The number of nitrogens with one attached hydrogen (secondary N) is 1. The van der Waals surface area contributed by atoms with E-state index in [4.69, 9.17) is 10.0 Å². The van der Waals surface area contributed by atoms with Gasteiger partial charge < -0.3 is 14.2 Å². The van der Waals surface area contributed by atoms with Crippen LogP contribution in [0.1, 0.15) is 6.92 Å². The highest BCUT2D eigenvalue weighted by molar-refractivity contribution is 7.85. The predicted octanol–water partition coefficient (Wildman–Crippen LogP) is -1.35. The van der Waals surface area contributed by atoms with E-state index in [1.165, 1.54) is 6.92 Å². The summed E-state index contributed by atoms with van der Waals surface area (Å²) in [6, 6.07) is 0. The summed E-state index contributed by atoms with van der Waals surface area (Å²) in [6.07, 6.45) is 0. The molecule has 0 radical (unpaired) electrons. The van der Waals surface area contributed by atoms with Crippen molar-refractivity contribution in [3.63, 3.8) is 0 Å². The van der Waals surface area contributed by atoms with Crippen molar-refractivity contribution in [2.24, 2.45) is 0 Å². The molecule has 0 aliphatic carbocycles. The largest absolute Gasteiger partial charge is 0.494 e. The Morgan fingerprint density at radius 2 is 2.08 bits per heavy atom. The lowest BCUT2D eigenvalue weighted by Crippen LogP contribution is -2.35. The zero-order valence-corrected chi connectivity index (χ0v) is 7.63. The highest BCUT2D eigenvalue weighted by Crippen LogP contribution is 2.21. The van der Waals surface area contributed by atoms with Crippen molar-refractivity contribution in [3.8, 4) is 0 Å². The molecule has 0 aromatic rings. The fraction of sp³-hybridized carbons (Fsp3) is 0.200. The van der Waals surface area contributed by atoms with Gasteiger partial charge in [0.25, 0.3) is 0 Å². The number of hydrogen-bond acceptors (Lipinski definition) is 5. The van der Waals surface area contributed by atoms with Gasteiger partial charge >= 0.3 is 17.4 Å². The number of rotatable bonds is 1. The first-order valence-electron chi connectivity index (χ1n) is 3.32. The summed E-state index contributed by atoms with van der Waals surface area (Å²) in [7, 11) is -5.69. The first kappa shape index (κ1) is 10.1. The molecule has 1 aliphatic heterocycles. The average Bonchev–Trinajstić information content (AvgIpc) is 1.78.